The number of aryl methyl sites for hydroxylation is 1. The Hall–Kier alpha value is -3.33. The number of amides is 1. The zero-order valence-corrected chi connectivity index (χ0v) is 16.1. The van der Waals surface area contributed by atoms with Crippen LogP contribution in [0, 0.1) is 5.82 Å². The van der Waals surface area contributed by atoms with E-state index < -0.39 is 6.04 Å². The Labute approximate surface area is 166 Å². The number of carbonyl (C=O) groups is 1. The van der Waals surface area contributed by atoms with Gasteiger partial charge in [-0.15, -0.1) is 0 Å². The summed E-state index contributed by atoms with van der Waals surface area (Å²) in [5.41, 5.74) is 1.63. The van der Waals surface area contributed by atoms with E-state index in [1.165, 1.54) is 12.1 Å². The SMILES string of the molecule is CC(=CC(=O)N1CCOCC1c1noc(-c2cnn(C)c2)n1)c1ccccc1F. The molecule has 1 saturated heterocycles. The Bertz CT molecular complexity index is 1060. The molecule has 4 rings (SSSR count). The van der Waals surface area contributed by atoms with Crippen LogP contribution in [0.4, 0.5) is 4.39 Å². The van der Waals surface area contributed by atoms with Crippen LogP contribution < -0.4 is 0 Å². The Morgan fingerprint density at radius 1 is 1.34 bits per heavy atom. The van der Waals surface area contributed by atoms with Crippen molar-refractivity contribution in [2.24, 2.45) is 7.05 Å². The van der Waals surface area contributed by atoms with Crippen LogP contribution in [-0.4, -0.2) is 50.5 Å². The van der Waals surface area contributed by atoms with Gasteiger partial charge >= 0.3 is 0 Å². The third kappa shape index (κ3) is 3.95. The summed E-state index contributed by atoms with van der Waals surface area (Å²) >= 11 is 0. The van der Waals surface area contributed by atoms with Crippen LogP contribution in [0.5, 0.6) is 0 Å². The number of halogens is 1. The van der Waals surface area contributed by atoms with Gasteiger partial charge in [-0.2, -0.15) is 10.1 Å². The number of hydrogen-bond acceptors (Lipinski definition) is 6. The van der Waals surface area contributed by atoms with Crippen molar-refractivity contribution < 1.29 is 18.4 Å². The highest BCUT2D eigenvalue weighted by atomic mass is 19.1. The highest BCUT2D eigenvalue weighted by Gasteiger charge is 2.32. The van der Waals surface area contributed by atoms with E-state index in [1.54, 1.807) is 54.1 Å². The van der Waals surface area contributed by atoms with Crippen LogP contribution in [0.2, 0.25) is 0 Å². The van der Waals surface area contributed by atoms with Gasteiger partial charge in [-0.25, -0.2) is 4.39 Å². The molecule has 29 heavy (non-hydrogen) atoms. The quantitative estimate of drug-likeness (QED) is 0.629. The average molecular weight is 397 g/mol. The van der Waals surface area contributed by atoms with E-state index >= 15 is 0 Å². The van der Waals surface area contributed by atoms with E-state index in [9.17, 15) is 9.18 Å². The highest BCUT2D eigenvalue weighted by Crippen LogP contribution is 2.26. The van der Waals surface area contributed by atoms with Crippen molar-refractivity contribution in [3.05, 3.63) is 59.9 Å². The molecule has 1 fully saturated rings. The van der Waals surface area contributed by atoms with Crippen molar-refractivity contribution in [3.8, 4) is 11.5 Å². The predicted octanol–water partition coefficient (Wildman–Crippen LogP) is 2.61. The third-order valence-corrected chi connectivity index (χ3v) is 4.74. The Morgan fingerprint density at radius 3 is 2.93 bits per heavy atom. The molecule has 0 spiro atoms. The second-order valence-corrected chi connectivity index (χ2v) is 6.79. The number of carbonyl (C=O) groups excluding carboxylic acids is 1. The maximum Gasteiger partial charge on any atom is 0.261 e. The number of aromatic nitrogens is 4. The second-order valence-electron chi connectivity index (χ2n) is 6.79. The summed E-state index contributed by atoms with van der Waals surface area (Å²) in [6, 6.07) is 5.87. The zero-order valence-electron chi connectivity index (χ0n) is 16.1. The monoisotopic (exact) mass is 397 g/mol. The zero-order chi connectivity index (χ0) is 20.4. The van der Waals surface area contributed by atoms with Crippen LogP contribution in [0.15, 0.2) is 47.3 Å². The van der Waals surface area contributed by atoms with Gasteiger partial charge in [0.05, 0.1) is 25.0 Å². The maximum atomic E-state index is 14.0. The highest BCUT2D eigenvalue weighted by molar-refractivity contribution is 5.95. The molecule has 3 heterocycles. The Balaban J connectivity index is 1.58. The molecule has 0 bridgehead atoms. The number of hydrogen-bond donors (Lipinski definition) is 0. The molecule has 8 nitrogen and oxygen atoms in total. The summed E-state index contributed by atoms with van der Waals surface area (Å²) in [7, 11) is 1.79. The van der Waals surface area contributed by atoms with E-state index in [0.717, 1.165) is 0 Å². The molecular weight excluding hydrogens is 377 g/mol. The van der Waals surface area contributed by atoms with Gasteiger partial charge in [0.25, 0.3) is 5.89 Å². The minimum Gasteiger partial charge on any atom is -0.377 e. The summed E-state index contributed by atoms with van der Waals surface area (Å²) in [6.45, 7) is 2.74. The molecule has 9 heteroatoms. The normalized spacial score (nSPS) is 17.6. The van der Waals surface area contributed by atoms with Crippen molar-refractivity contribution in [1.29, 1.82) is 0 Å². The first kappa shape index (κ1) is 19.0. The molecule has 1 aromatic carbocycles. The fraction of sp³-hybridized carbons (Fsp3) is 0.300. The molecule has 1 amide bonds. The first-order chi connectivity index (χ1) is 14.0. The van der Waals surface area contributed by atoms with Crippen molar-refractivity contribution in [2.75, 3.05) is 19.8 Å². The molecule has 0 aliphatic carbocycles. The lowest BCUT2D eigenvalue weighted by Gasteiger charge is -2.33. The van der Waals surface area contributed by atoms with Crippen molar-refractivity contribution in [1.82, 2.24) is 24.8 Å². The second kappa shape index (κ2) is 7.96. The lowest BCUT2D eigenvalue weighted by atomic mass is 10.1. The summed E-state index contributed by atoms with van der Waals surface area (Å²) in [5.74, 6) is 0.0524. The molecule has 1 aliphatic rings. The Morgan fingerprint density at radius 2 is 2.17 bits per heavy atom. The fourth-order valence-corrected chi connectivity index (χ4v) is 3.23. The standard InChI is InChI=1S/C20H20FN5O3/c1-13(15-5-3-4-6-16(15)21)9-18(27)26-7-8-28-12-17(26)19-23-20(29-24-19)14-10-22-25(2)11-14/h3-6,9-11,17H,7-8,12H2,1-2H3. The van der Waals surface area contributed by atoms with Crippen LogP contribution in [-0.2, 0) is 16.6 Å². The van der Waals surface area contributed by atoms with Gasteiger partial charge in [0.15, 0.2) is 5.82 Å². The van der Waals surface area contributed by atoms with Crippen molar-refractivity contribution in [2.45, 2.75) is 13.0 Å². The summed E-state index contributed by atoms with van der Waals surface area (Å²) in [4.78, 5) is 19.0. The molecule has 0 N–H and O–H groups in total. The third-order valence-electron chi connectivity index (χ3n) is 4.74. The maximum absolute atomic E-state index is 14.0. The minimum absolute atomic E-state index is 0.254. The van der Waals surface area contributed by atoms with Crippen LogP contribution in [0.25, 0.3) is 17.0 Å². The van der Waals surface area contributed by atoms with E-state index in [0.29, 0.717) is 41.6 Å². The average Bonchev–Trinajstić information content (AvgIpc) is 3.37. The lowest BCUT2D eigenvalue weighted by molar-refractivity contribution is -0.135. The minimum atomic E-state index is -0.491. The van der Waals surface area contributed by atoms with E-state index in [2.05, 4.69) is 15.2 Å². The largest absolute Gasteiger partial charge is 0.377 e. The molecule has 1 unspecified atom stereocenters. The molecule has 0 saturated carbocycles. The smallest absolute Gasteiger partial charge is 0.261 e. The molecule has 0 radical (unpaired) electrons. The van der Waals surface area contributed by atoms with E-state index in [1.807, 2.05) is 0 Å². The van der Waals surface area contributed by atoms with Gasteiger partial charge in [0.2, 0.25) is 5.91 Å². The van der Waals surface area contributed by atoms with Gasteiger partial charge in [0, 0.05) is 31.4 Å². The molecule has 2 aromatic heterocycles. The van der Waals surface area contributed by atoms with Crippen molar-refractivity contribution >= 4 is 11.5 Å². The van der Waals surface area contributed by atoms with Crippen LogP contribution in [0.3, 0.4) is 0 Å². The number of rotatable bonds is 4. The topological polar surface area (TPSA) is 86.3 Å². The first-order valence-corrected chi connectivity index (χ1v) is 9.17. The van der Waals surface area contributed by atoms with Crippen LogP contribution >= 0.6 is 0 Å². The molecule has 150 valence electrons. The lowest BCUT2D eigenvalue weighted by Crippen LogP contribution is -2.43. The van der Waals surface area contributed by atoms with Crippen molar-refractivity contribution in [3.63, 3.8) is 0 Å². The van der Waals surface area contributed by atoms with Gasteiger partial charge in [-0.3, -0.25) is 9.48 Å². The Kier molecular flexibility index (Phi) is 5.22. The van der Waals surface area contributed by atoms with Gasteiger partial charge in [-0.05, 0) is 18.6 Å². The molecule has 1 atom stereocenters. The molecule has 1 aliphatic heterocycles. The summed E-state index contributed by atoms with van der Waals surface area (Å²) in [5, 5.41) is 8.12. The number of morpholine rings is 1. The summed E-state index contributed by atoms with van der Waals surface area (Å²) in [6.07, 6.45) is 4.81. The van der Waals surface area contributed by atoms with Gasteiger partial charge < -0.3 is 14.2 Å². The fourth-order valence-electron chi connectivity index (χ4n) is 3.23. The van der Waals surface area contributed by atoms with E-state index in [4.69, 9.17) is 9.26 Å². The number of ether oxygens (including phenoxy) is 1. The number of allylic oxidation sites excluding steroid dienone is 1. The number of nitrogens with zero attached hydrogens (tertiary/aromatic N) is 5. The predicted molar refractivity (Wildman–Crippen MR) is 102 cm³/mol. The molecular formula is C20H20FN5O3. The van der Waals surface area contributed by atoms with Gasteiger partial charge in [0.1, 0.15) is 11.9 Å². The summed E-state index contributed by atoms with van der Waals surface area (Å²) < 4.78 is 26.5. The van der Waals surface area contributed by atoms with Crippen LogP contribution in [0.1, 0.15) is 24.4 Å². The van der Waals surface area contributed by atoms with E-state index in [-0.39, 0.29) is 18.3 Å². The molecule has 3 aromatic rings. The first-order valence-electron chi connectivity index (χ1n) is 9.17. The number of benzene rings is 1. The van der Waals surface area contributed by atoms with Gasteiger partial charge in [-0.1, -0.05) is 23.4 Å².